The van der Waals surface area contributed by atoms with E-state index in [4.69, 9.17) is 0 Å². The van der Waals surface area contributed by atoms with Crippen molar-refractivity contribution >= 4 is 17.2 Å². The summed E-state index contributed by atoms with van der Waals surface area (Å²) in [5.41, 5.74) is 0.224. The number of nitrogens with zero attached hydrogens (tertiary/aromatic N) is 3. The maximum atomic E-state index is 13.1. The monoisotopic (exact) mass is 438 g/mol. The number of rotatable bonds is 7. The SMILES string of the molecule is CN(Cc1nnc(C(=O)NCc2ccc(F)cc2)s1)Cc1ccccc1C(F)(F)F. The number of carbonyl (C=O) groups is 1. The Bertz CT molecular complexity index is 1000. The van der Waals surface area contributed by atoms with Crippen molar-refractivity contribution in [2.45, 2.75) is 25.8 Å². The molecule has 3 aromatic rings. The second-order valence-corrected chi connectivity index (χ2v) is 7.70. The predicted molar refractivity (Wildman–Crippen MR) is 104 cm³/mol. The molecule has 0 spiro atoms. The molecule has 0 aliphatic rings. The average molecular weight is 438 g/mol. The van der Waals surface area contributed by atoms with Crippen LogP contribution in [-0.2, 0) is 25.8 Å². The number of carbonyl (C=O) groups excluding carboxylic acids is 1. The molecular weight excluding hydrogens is 420 g/mol. The van der Waals surface area contributed by atoms with E-state index in [1.165, 1.54) is 24.3 Å². The summed E-state index contributed by atoms with van der Waals surface area (Å²) in [5, 5.41) is 11.1. The van der Waals surface area contributed by atoms with Crippen LogP contribution in [0.5, 0.6) is 0 Å². The summed E-state index contributed by atoms with van der Waals surface area (Å²) in [6, 6.07) is 11.1. The molecule has 0 aliphatic heterocycles. The van der Waals surface area contributed by atoms with Crippen LogP contribution in [-0.4, -0.2) is 28.1 Å². The van der Waals surface area contributed by atoms with Gasteiger partial charge in [-0.15, -0.1) is 10.2 Å². The second-order valence-electron chi connectivity index (χ2n) is 6.64. The molecule has 0 fully saturated rings. The van der Waals surface area contributed by atoms with Gasteiger partial charge >= 0.3 is 6.18 Å². The predicted octanol–water partition coefficient (Wildman–Crippen LogP) is 4.26. The first-order valence-corrected chi connectivity index (χ1v) is 9.72. The van der Waals surface area contributed by atoms with E-state index >= 15 is 0 Å². The average Bonchev–Trinajstić information content (AvgIpc) is 3.15. The number of nitrogens with one attached hydrogen (secondary N) is 1. The molecule has 1 N–H and O–H groups in total. The second kappa shape index (κ2) is 9.31. The molecule has 0 atom stereocenters. The zero-order chi connectivity index (χ0) is 21.7. The Balaban J connectivity index is 1.57. The van der Waals surface area contributed by atoms with E-state index in [2.05, 4.69) is 15.5 Å². The van der Waals surface area contributed by atoms with E-state index in [-0.39, 0.29) is 36.0 Å². The van der Waals surface area contributed by atoms with Crippen LogP contribution in [0.25, 0.3) is 0 Å². The summed E-state index contributed by atoms with van der Waals surface area (Å²) in [5.74, 6) is -0.783. The molecule has 1 heterocycles. The molecule has 158 valence electrons. The maximum Gasteiger partial charge on any atom is 0.416 e. The van der Waals surface area contributed by atoms with Crippen molar-refractivity contribution in [2.75, 3.05) is 7.05 Å². The highest BCUT2D eigenvalue weighted by Crippen LogP contribution is 2.32. The summed E-state index contributed by atoms with van der Waals surface area (Å²) in [7, 11) is 1.67. The van der Waals surface area contributed by atoms with Crippen LogP contribution >= 0.6 is 11.3 Å². The van der Waals surface area contributed by atoms with Gasteiger partial charge in [0.1, 0.15) is 10.8 Å². The number of benzene rings is 2. The molecule has 30 heavy (non-hydrogen) atoms. The fraction of sp³-hybridized carbons (Fsp3) is 0.250. The van der Waals surface area contributed by atoms with E-state index in [1.54, 1.807) is 30.1 Å². The lowest BCUT2D eigenvalue weighted by molar-refractivity contribution is -0.138. The Hall–Kier alpha value is -2.85. The third-order valence-corrected chi connectivity index (χ3v) is 5.10. The highest BCUT2D eigenvalue weighted by Gasteiger charge is 2.33. The van der Waals surface area contributed by atoms with Gasteiger partial charge in [0.2, 0.25) is 5.01 Å². The van der Waals surface area contributed by atoms with Gasteiger partial charge in [0.25, 0.3) is 5.91 Å². The first kappa shape index (κ1) is 21.8. The van der Waals surface area contributed by atoms with Gasteiger partial charge < -0.3 is 5.32 Å². The van der Waals surface area contributed by atoms with Crippen molar-refractivity contribution in [3.05, 3.63) is 81.1 Å². The fourth-order valence-corrected chi connectivity index (χ4v) is 3.62. The van der Waals surface area contributed by atoms with Gasteiger partial charge in [0, 0.05) is 13.1 Å². The molecule has 0 saturated carbocycles. The van der Waals surface area contributed by atoms with Crippen molar-refractivity contribution in [3.8, 4) is 0 Å². The summed E-state index contributed by atoms with van der Waals surface area (Å²) < 4.78 is 52.3. The van der Waals surface area contributed by atoms with Gasteiger partial charge in [-0.25, -0.2) is 4.39 Å². The number of aromatic nitrogens is 2. The number of amides is 1. The van der Waals surface area contributed by atoms with Crippen LogP contribution in [0.3, 0.4) is 0 Å². The number of hydrogen-bond acceptors (Lipinski definition) is 5. The largest absolute Gasteiger partial charge is 0.416 e. The van der Waals surface area contributed by atoms with Crippen LogP contribution in [0.4, 0.5) is 17.6 Å². The van der Waals surface area contributed by atoms with Crippen LogP contribution < -0.4 is 5.32 Å². The first-order valence-electron chi connectivity index (χ1n) is 8.91. The maximum absolute atomic E-state index is 13.1. The smallest absolute Gasteiger partial charge is 0.346 e. The van der Waals surface area contributed by atoms with Crippen molar-refractivity contribution in [2.24, 2.45) is 0 Å². The molecule has 1 amide bonds. The first-order chi connectivity index (χ1) is 14.2. The molecule has 0 radical (unpaired) electrons. The van der Waals surface area contributed by atoms with Crippen LogP contribution in [0.15, 0.2) is 48.5 Å². The number of alkyl halides is 3. The Morgan fingerprint density at radius 2 is 1.77 bits per heavy atom. The quantitative estimate of drug-likeness (QED) is 0.560. The molecule has 0 saturated heterocycles. The van der Waals surface area contributed by atoms with Crippen LogP contribution in [0, 0.1) is 5.82 Å². The molecule has 10 heteroatoms. The third kappa shape index (κ3) is 5.83. The van der Waals surface area contributed by atoms with Gasteiger partial charge in [-0.2, -0.15) is 13.2 Å². The lowest BCUT2D eigenvalue weighted by Crippen LogP contribution is -2.22. The Morgan fingerprint density at radius 3 is 2.47 bits per heavy atom. The molecule has 3 rings (SSSR count). The highest BCUT2D eigenvalue weighted by molar-refractivity contribution is 7.13. The van der Waals surface area contributed by atoms with Crippen molar-refractivity contribution in [3.63, 3.8) is 0 Å². The van der Waals surface area contributed by atoms with Crippen LogP contribution in [0.2, 0.25) is 0 Å². The van der Waals surface area contributed by atoms with E-state index in [0.717, 1.165) is 23.0 Å². The number of halogens is 4. The minimum atomic E-state index is -4.42. The van der Waals surface area contributed by atoms with Crippen molar-refractivity contribution in [1.29, 1.82) is 0 Å². The van der Waals surface area contributed by atoms with Crippen LogP contribution in [0.1, 0.15) is 31.5 Å². The van der Waals surface area contributed by atoms with Crippen molar-refractivity contribution < 1.29 is 22.4 Å². The lowest BCUT2D eigenvalue weighted by Gasteiger charge is -2.18. The fourth-order valence-electron chi connectivity index (χ4n) is 2.78. The molecule has 2 aromatic carbocycles. The summed E-state index contributed by atoms with van der Waals surface area (Å²) in [6.07, 6.45) is -4.42. The zero-order valence-electron chi connectivity index (χ0n) is 15.9. The Morgan fingerprint density at radius 1 is 1.07 bits per heavy atom. The number of hydrogen-bond donors (Lipinski definition) is 1. The molecule has 0 bridgehead atoms. The minimum absolute atomic E-state index is 0.0708. The molecule has 0 unspecified atom stereocenters. The molecule has 5 nitrogen and oxygen atoms in total. The molecular formula is C20H18F4N4OS. The Kier molecular flexibility index (Phi) is 6.78. The lowest BCUT2D eigenvalue weighted by atomic mass is 10.1. The highest BCUT2D eigenvalue weighted by atomic mass is 32.1. The third-order valence-electron chi connectivity index (χ3n) is 4.20. The van der Waals surface area contributed by atoms with Gasteiger partial charge in [-0.3, -0.25) is 9.69 Å². The standard InChI is InChI=1S/C20H18F4N4OS/c1-28(11-14-4-2-3-5-16(14)20(22,23)24)12-17-26-27-19(30-17)18(29)25-10-13-6-8-15(21)9-7-13/h2-9H,10-12H2,1H3,(H,25,29). The van der Waals surface area contributed by atoms with Crippen molar-refractivity contribution in [1.82, 2.24) is 20.4 Å². The van der Waals surface area contributed by atoms with Gasteiger partial charge in [-0.1, -0.05) is 41.7 Å². The topological polar surface area (TPSA) is 58.1 Å². The summed E-state index contributed by atoms with van der Waals surface area (Å²) >= 11 is 1.07. The minimum Gasteiger partial charge on any atom is -0.346 e. The van der Waals surface area contributed by atoms with E-state index < -0.39 is 17.6 Å². The van der Waals surface area contributed by atoms with Gasteiger partial charge in [0.15, 0.2) is 0 Å². The normalized spacial score (nSPS) is 11.7. The van der Waals surface area contributed by atoms with Gasteiger partial charge in [0.05, 0.1) is 12.1 Å². The van der Waals surface area contributed by atoms with E-state index in [0.29, 0.717) is 5.01 Å². The van der Waals surface area contributed by atoms with Gasteiger partial charge in [-0.05, 0) is 36.4 Å². The summed E-state index contributed by atoms with van der Waals surface area (Å²) in [6.45, 7) is 0.526. The van der Waals surface area contributed by atoms with E-state index in [1.807, 2.05) is 0 Å². The van der Waals surface area contributed by atoms with E-state index in [9.17, 15) is 22.4 Å². The molecule has 1 aromatic heterocycles. The zero-order valence-corrected chi connectivity index (χ0v) is 16.7. The summed E-state index contributed by atoms with van der Waals surface area (Å²) in [4.78, 5) is 13.9. The molecule has 0 aliphatic carbocycles. The Labute approximate surface area is 174 Å².